The average Bonchev–Trinajstić information content (AvgIpc) is 3.31. The van der Waals surface area contributed by atoms with Gasteiger partial charge >= 0.3 is 0 Å². The fourth-order valence-corrected chi connectivity index (χ4v) is 3.41. The highest BCUT2D eigenvalue weighted by molar-refractivity contribution is 5.96. The first kappa shape index (κ1) is 18.3. The lowest BCUT2D eigenvalue weighted by Gasteiger charge is -2.16. The molecule has 0 N–H and O–H groups in total. The fourth-order valence-electron chi connectivity index (χ4n) is 3.41. The van der Waals surface area contributed by atoms with Crippen molar-refractivity contribution >= 4 is 11.6 Å². The molecule has 0 bridgehead atoms. The molecule has 28 heavy (non-hydrogen) atoms. The van der Waals surface area contributed by atoms with E-state index in [2.05, 4.69) is 36.1 Å². The first-order valence-electron chi connectivity index (χ1n) is 9.43. The van der Waals surface area contributed by atoms with Gasteiger partial charge in [0.2, 0.25) is 17.6 Å². The van der Waals surface area contributed by atoms with Crippen LogP contribution in [0.2, 0.25) is 0 Å². The van der Waals surface area contributed by atoms with Gasteiger partial charge in [0.25, 0.3) is 0 Å². The number of carbonyl (C=O) groups excluding carboxylic acids is 1. The molecule has 1 aliphatic heterocycles. The lowest BCUT2D eigenvalue weighted by atomic mass is 10.0. The summed E-state index contributed by atoms with van der Waals surface area (Å²) in [5, 5.41) is 4.08. The molecular weight excluding hydrogens is 357 g/mol. The molecule has 2 aromatic carbocycles. The van der Waals surface area contributed by atoms with Gasteiger partial charge in [-0.05, 0) is 36.1 Å². The molecule has 1 aliphatic rings. The summed E-state index contributed by atoms with van der Waals surface area (Å²) in [5.41, 5.74) is 3.23. The topological polar surface area (TPSA) is 59.2 Å². The van der Waals surface area contributed by atoms with Gasteiger partial charge < -0.3 is 9.42 Å². The number of nitrogens with zero attached hydrogens (tertiary/aromatic N) is 3. The molecule has 0 spiro atoms. The molecule has 1 fully saturated rings. The second kappa shape index (κ2) is 7.19. The fraction of sp³-hybridized carbons (Fsp3) is 0.318. The van der Waals surface area contributed by atoms with Crippen LogP contribution in [0.15, 0.2) is 47.0 Å². The molecule has 0 saturated carbocycles. The molecule has 6 heteroatoms. The van der Waals surface area contributed by atoms with Crippen molar-refractivity contribution in [1.29, 1.82) is 0 Å². The van der Waals surface area contributed by atoms with Crippen LogP contribution < -0.4 is 4.90 Å². The van der Waals surface area contributed by atoms with E-state index >= 15 is 0 Å². The van der Waals surface area contributed by atoms with E-state index in [-0.39, 0.29) is 24.1 Å². The van der Waals surface area contributed by atoms with Crippen LogP contribution in [0, 0.1) is 12.7 Å². The van der Waals surface area contributed by atoms with Crippen LogP contribution in [-0.2, 0) is 4.79 Å². The highest BCUT2D eigenvalue weighted by Crippen LogP contribution is 2.32. The van der Waals surface area contributed by atoms with E-state index < -0.39 is 0 Å². The number of carbonyl (C=O) groups is 1. The number of hydrogen-bond donors (Lipinski definition) is 0. The molecule has 1 saturated heterocycles. The summed E-state index contributed by atoms with van der Waals surface area (Å²) in [4.78, 5) is 18.5. The summed E-state index contributed by atoms with van der Waals surface area (Å²) in [7, 11) is 0. The number of rotatable bonds is 4. The number of hydrogen-bond acceptors (Lipinski definition) is 4. The van der Waals surface area contributed by atoms with Crippen molar-refractivity contribution in [1.82, 2.24) is 10.1 Å². The summed E-state index contributed by atoms with van der Waals surface area (Å²) in [6.07, 6.45) is 0.267. The first-order chi connectivity index (χ1) is 13.4. The van der Waals surface area contributed by atoms with Crippen LogP contribution in [0.1, 0.15) is 49.1 Å². The number of aryl methyl sites for hydroxylation is 1. The maximum atomic E-state index is 13.9. The van der Waals surface area contributed by atoms with E-state index in [1.54, 1.807) is 24.0 Å². The zero-order valence-electron chi connectivity index (χ0n) is 16.1. The number of aromatic nitrogens is 2. The second-order valence-corrected chi connectivity index (χ2v) is 7.57. The largest absolute Gasteiger partial charge is 0.339 e. The van der Waals surface area contributed by atoms with Crippen LogP contribution in [0.5, 0.6) is 0 Å². The minimum atomic E-state index is -0.321. The Kier molecular flexibility index (Phi) is 4.71. The van der Waals surface area contributed by atoms with Gasteiger partial charge in [0.05, 0.1) is 5.92 Å². The second-order valence-electron chi connectivity index (χ2n) is 7.57. The third-order valence-corrected chi connectivity index (χ3v) is 5.22. The van der Waals surface area contributed by atoms with E-state index in [9.17, 15) is 9.18 Å². The normalized spacial score (nSPS) is 17.0. The summed E-state index contributed by atoms with van der Waals surface area (Å²) in [6, 6.07) is 12.9. The average molecular weight is 379 g/mol. The maximum absolute atomic E-state index is 13.9. The molecule has 0 radical (unpaired) electrons. The molecule has 2 heterocycles. The van der Waals surface area contributed by atoms with Crippen LogP contribution >= 0.6 is 0 Å². The number of anilines is 1. The smallest absolute Gasteiger partial charge is 0.232 e. The first-order valence-corrected chi connectivity index (χ1v) is 9.43. The van der Waals surface area contributed by atoms with E-state index in [1.807, 2.05) is 12.1 Å². The number of amides is 1. The minimum absolute atomic E-state index is 0.0747. The Hall–Kier alpha value is -3.02. The third-order valence-electron chi connectivity index (χ3n) is 5.22. The van der Waals surface area contributed by atoms with Gasteiger partial charge in [0, 0.05) is 24.2 Å². The van der Waals surface area contributed by atoms with E-state index in [4.69, 9.17) is 4.52 Å². The van der Waals surface area contributed by atoms with Crippen molar-refractivity contribution in [2.24, 2.45) is 0 Å². The number of benzene rings is 2. The molecule has 144 valence electrons. The highest BCUT2D eigenvalue weighted by Gasteiger charge is 2.35. The van der Waals surface area contributed by atoms with Crippen molar-refractivity contribution < 1.29 is 13.7 Å². The SMILES string of the molecule is Cc1ccc(N2CC(c3nc(-c4ccc(C(C)C)cc4)no3)CC2=O)cc1F. The monoisotopic (exact) mass is 379 g/mol. The van der Waals surface area contributed by atoms with Crippen LogP contribution in [0.4, 0.5) is 10.1 Å². The molecule has 5 nitrogen and oxygen atoms in total. The van der Waals surface area contributed by atoms with E-state index in [0.717, 1.165) is 5.56 Å². The van der Waals surface area contributed by atoms with Crippen LogP contribution in [0.25, 0.3) is 11.4 Å². The van der Waals surface area contributed by atoms with Crippen molar-refractivity contribution in [2.75, 3.05) is 11.4 Å². The molecule has 1 unspecified atom stereocenters. The zero-order chi connectivity index (χ0) is 19.8. The summed E-state index contributed by atoms with van der Waals surface area (Å²) in [5.74, 6) is 0.807. The maximum Gasteiger partial charge on any atom is 0.232 e. The molecule has 1 amide bonds. The van der Waals surface area contributed by atoms with Crippen LogP contribution in [0.3, 0.4) is 0 Å². The van der Waals surface area contributed by atoms with Gasteiger partial charge in [0.1, 0.15) is 5.82 Å². The quantitative estimate of drug-likeness (QED) is 0.652. The Labute approximate surface area is 163 Å². The van der Waals surface area contributed by atoms with Gasteiger partial charge in [-0.15, -0.1) is 0 Å². The molecule has 4 rings (SSSR count). The molecule has 1 aromatic heterocycles. The summed E-state index contributed by atoms with van der Waals surface area (Å²) >= 11 is 0. The Bertz CT molecular complexity index is 1010. The number of halogens is 1. The molecule has 1 atom stereocenters. The predicted octanol–water partition coefficient (Wildman–Crippen LogP) is 4.83. The zero-order valence-corrected chi connectivity index (χ0v) is 16.1. The van der Waals surface area contributed by atoms with Crippen molar-refractivity contribution in [3.05, 3.63) is 65.3 Å². The molecule has 3 aromatic rings. The summed E-state index contributed by atoms with van der Waals surface area (Å²) in [6.45, 7) is 6.38. The van der Waals surface area contributed by atoms with E-state index in [1.165, 1.54) is 11.6 Å². The lowest BCUT2D eigenvalue weighted by molar-refractivity contribution is -0.117. The lowest BCUT2D eigenvalue weighted by Crippen LogP contribution is -2.24. The highest BCUT2D eigenvalue weighted by atomic mass is 19.1. The predicted molar refractivity (Wildman–Crippen MR) is 105 cm³/mol. The van der Waals surface area contributed by atoms with Crippen molar-refractivity contribution in [3.63, 3.8) is 0 Å². The Balaban J connectivity index is 1.53. The van der Waals surface area contributed by atoms with Gasteiger partial charge in [0.15, 0.2) is 0 Å². The molecule has 0 aliphatic carbocycles. The van der Waals surface area contributed by atoms with Gasteiger partial charge in [-0.25, -0.2) is 4.39 Å². The van der Waals surface area contributed by atoms with Crippen molar-refractivity contribution in [2.45, 2.75) is 39.0 Å². The van der Waals surface area contributed by atoms with Crippen LogP contribution in [-0.4, -0.2) is 22.6 Å². The van der Waals surface area contributed by atoms with Gasteiger partial charge in [-0.1, -0.05) is 49.3 Å². The van der Waals surface area contributed by atoms with Crippen molar-refractivity contribution in [3.8, 4) is 11.4 Å². The standard InChI is InChI=1S/C22H22FN3O2/c1-13(2)15-5-7-16(8-6-15)21-24-22(28-25-21)17-10-20(27)26(12-17)18-9-4-14(3)19(23)11-18/h4-9,11,13,17H,10,12H2,1-3H3. The molecular formula is C22H22FN3O2. The Morgan fingerprint density at radius 2 is 1.93 bits per heavy atom. The minimum Gasteiger partial charge on any atom is -0.339 e. The Morgan fingerprint density at radius 3 is 2.61 bits per heavy atom. The van der Waals surface area contributed by atoms with Gasteiger partial charge in [-0.3, -0.25) is 4.79 Å². The Morgan fingerprint density at radius 1 is 1.18 bits per heavy atom. The third kappa shape index (κ3) is 3.42. The summed E-state index contributed by atoms with van der Waals surface area (Å²) < 4.78 is 19.3. The van der Waals surface area contributed by atoms with E-state index in [0.29, 0.717) is 35.4 Å². The van der Waals surface area contributed by atoms with Gasteiger partial charge in [-0.2, -0.15) is 4.98 Å².